The van der Waals surface area contributed by atoms with Crippen LogP contribution < -0.4 is 16.0 Å². The van der Waals surface area contributed by atoms with Gasteiger partial charge in [0.15, 0.2) is 5.82 Å². The van der Waals surface area contributed by atoms with Crippen molar-refractivity contribution in [2.75, 3.05) is 36.4 Å². The SMILES string of the molecule is NCCCCNc1nc(N2CCCCCC2)c2sccc2n1. The smallest absolute Gasteiger partial charge is 0.225 e. The van der Waals surface area contributed by atoms with E-state index in [1.165, 1.54) is 30.4 Å². The fourth-order valence-corrected chi connectivity index (χ4v) is 3.74. The van der Waals surface area contributed by atoms with Crippen LogP contribution in [0.15, 0.2) is 11.4 Å². The summed E-state index contributed by atoms with van der Waals surface area (Å²) in [6.07, 6.45) is 7.28. The summed E-state index contributed by atoms with van der Waals surface area (Å²) in [6.45, 7) is 3.84. The zero-order chi connectivity index (χ0) is 15.2. The van der Waals surface area contributed by atoms with Crippen molar-refractivity contribution in [3.05, 3.63) is 11.4 Å². The number of hydrogen-bond donors (Lipinski definition) is 2. The van der Waals surface area contributed by atoms with E-state index >= 15 is 0 Å². The molecule has 0 aromatic carbocycles. The van der Waals surface area contributed by atoms with Gasteiger partial charge in [-0.3, -0.25) is 0 Å². The summed E-state index contributed by atoms with van der Waals surface area (Å²) in [5.41, 5.74) is 6.60. The Morgan fingerprint density at radius 1 is 1.14 bits per heavy atom. The Morgan fingerprint density at radius 2 is 1.95 bits per heavy atom. The van der Waals surface area contributed by atoms with Gasteiger partial charge in [0.25, 0.3) is 0 Å². The molecule has 0 amide bonds. The van der Waals surface area contributed by atoms with Gasteiger partial charge in [0.1, 0.15) is 0 Å². The summed E-state index contributed by atoms with van der Waals surface area (Å²) in [6, 6.07) is 2.09. The minimum Gasteiger partial charge on any atom is -0.355 e. The molecule has 0 unspecified atom stereocenters. The highest BCUT2D eigenvalue weighted by atomic mass is 32.1. The van der Waals surface area contributed by atoms with Crippen LogP contribution in [-0.4, -0.2) is 36.1 Å². The molecule has 0 atom stereocenters. The average molecular weight is 319 g/mol. The van der Waals surface area contributed by atoms with Gasteiger partial charge in [-0.15, -0.1) is 11.3 Å². The Bertz CT molecular complexity index is 589. The topological polar surface area (TPSA) is 67.1 Å². The lowest BCUT2D eigenvalue weighted by Gasteiger charge is -2.22. The van der Waals surface area contributed by atoms with Gasteiger partial charge in [-0.2, -0.15) is 4.98 Å². The van der Waals surface area contributed by atoms with Crippen LogP contribution >= 0.6 is 11.3 Å². The van der Waals surface area contributed by atoms with Crippen molar-refractivity contribution in [1.82, 2.24) is 9.97 Å². The molecule has 1 saturated heterocycles. The summed E-state index contributed by atoms with van der Waals surface area (Å²) < 4.78 is 1.22. The number of hydrogen-bond acceptors (Lipinski definition) is 6. The standard InChI is InChI=1S/C16H25N5S/c17-8-3-4-9-18-16-19-13-7-12-22-14(13)15(20-16)21-10-5-1-2-6-11-21/h7,12H,1-6,8-11,17H2,(H,18,19,20). The molecule has 0 radical (unpaired) electrons. The summed E-state index contributed by atoms with van der Waals surface area (Å²) >= 11 is 1.74. The van der Waals surface area contributed by atoms with Crippen molar-refractivity contribution in [3.8, 4) is 0 Å². The van der Waals surface area contributed by atoms with Crippen LogP contribution in [-0.2, 0) is 0 Å². The van der Waals surface area contributed by atoms with Crippen LogP contribution in [0.4, 0.5) is 11.8 Å². The number of thiophene rings is 1. The predicted octanol–water partition coefficient (Wildman–Crippen LogP) is 3.22. The van der Waals surface area contributed by atoms with Gasteiger partial charge in [-0.05, 0) is 43.7 Å². The number of nitrogens with one attached hydrogen (secondary N) is 1. The first-order valence-electron chi connectivity index (χ1n) is 8.32. The van der Waals surface area contributed by atoms with Crippen molar-refractivity contribution in [2.45, 2.75) is 38.5 Å². The van der Waals surface area contributed by atoms with Crippen LogP contribution in [0.2, 0.25) is 0 Å². The highest BCUT2D eigenvalue weighted by molar-refractivity contribution is 7.17. The third-order valence-corrected chi connectivity index (χ3v) is 5.00. The second-order valence-corrected chi connectivity index (χ2v) is 6.75. The Morgan fingerprint density at radius 3 is 2.73 bits per heavy atom. The van der Waals surface area contributed by atoms with Crippen LogP contribution in [0, 0.1) is 0 Å². The molecule has 0 spiro atoms. The number of nitrogens with two attached hydrogens (primary N) is 1. The van der Waals surface area contributed by atoms with Crippen molar-refractivity contribution in [3.63, 3.8) is 0 Å². The van der Waals surface area contributed by atoms with Crippen molar-refractivity contribution >= 4 is 33.3 Å². The van der Waals surface area contributed by atoms with Gasteiger partial charge < -0.3 is 16.0 Å². The molecule has 6 heteroatoms. The van der Waals surface area contributed by atoms with Crippen LogP contribution in [0.3, 0.4) is 0 Å². The highest BCUT2D eigenvalue weighted by Gasteiger charge is 2.17. The average Bonchev–Trinajstić information content (AvgIpc) is 2.84. The zero-order valence-electron chi connectivity index (χ0n) is 13.1. The maximum atomic E-state index is 5.54. The highest BCUT2D eigenvalue weighted by Crippen LogP contribution is 2.31. The van der Waals surface area contributed by atoms with Crippen LogP contribution in [0.5, 0.6) is 0 Å². The Hall–Kier alpha value is -1.40. The van der Waals surface area contributed by atoms with Crippen molar-refractivity contribution < 1.29 is 0 Å². The molecule has 1 fully saturated rings. The number of nitrogens with zero attached hydrogens (tertiary/aromatic N) is 3. The number of unbranched alkanes of at least 4 members (excludes halogenated alkanes) is 1. The molecule has 2 aromatic rings. The first-order chi connectivity index (χ1) is 10.9. The minimum absolute atomic E-state index is 0.741. The lowest BCUT2D eigenvalue weighted by atomic mass is 10.2. The van der Waals surface area contributed by atoms with E-state index in [0.717, 1.165) is 56.3 Å². The van der Waals surface area contributed by atoms with Gasteiger partial charge in [0.05, 0.1) is 10.2 Å². The quantitative estimate of drug-likeness (QED) is 0.800. The molecule has 5 nitrogen and oxygen atoms in total. The molecule has 1 aliphatic rings. The summed E-state index contributed by atoms with van der Waals surface area (Å²) in [5, 5.41) is 5.47. The Labute approximate surface area is 135 Å². The van der Waals surface area contributed by atoms with E-state index in [9.17, 15) is 0 Å². The first kappa shape index (κ1) is 15.5. The van der Waals surface area contributed by atoms with Gasteiger partial charge in [0.2, 0.25) is 5.95 Å². The maximum absolute atomic E-state index is 5.54. The largest absolute Gasteiger partial charge is 0.355 e. The first-order valence-corrected chi connectivity index (χ1v) is 9.20. The molecule has 0 aliphatic carbocycles. The third-order valence-electron chi connectivity index (χ3n) is 4.11. The van der Waals surface area contributed by atoms with Crippen LogP contribution in [0.1, 0.15) is 38.5 Å². The van der Waals surface area contributed by atoms with E-state index in [1.54, 1.807) is 11.3 Å². The zero-order valence-corrected chi connectivity index (χ0v) is 13.9. The fraction of sp³-hybridized carbons (Fsp3) is 0.625. The number of rotatable bonds is 6. The third kappa shape index (κ3) is 3.67. The van der Waals surface area contributed by atoms with E-state index in [1.807, 2.05) is 0 Å². The van der Waals surface area contributed by atoms with Crippen molar-refractivity contribution in [2.24, 2.45) is 5.73 Å². The molecule has 3 rings (SSSR count). The normalized spacial score (nSPS) is 16.0. The van der Waals surface area contributed by atoms with E-state index in [4.69, 9.17) is 10.7 Å². The van der Waals surface area contributed by atoms with Gasteiger partial charge >= 0.3 is 0 Å². The minimum atomic E-state index is 0.741. The molecule has 3 N–H and O–H groups in total. The summed E-state index contributed by atoms with van der Waals surface area (Å²) in [7, 11) is 0. The summed E-state index contributed by atoms with van der Waals surface area (Å²) in [5.74, 6) is 1.87. The van der Waals surface area contributed by atoms with Gasteiger partial charge in [-0.25, -0.2) is 4.98 Å². The lowest BCUT2D eigenvalue weighted by molar-refractivity contribution is 0.726. The van der Waals surface area contributed by atoms with Crippen molar-refractivity contribution in [1.29, 1.82) is 0 Å². The molecule has 1 aliphatic heterocycles. The molecule has 0 bridgehead atoms. The lowest BCUT2D eigenvalue weighted by Crippen LogP contribution is -2.25. The van der Waals surface area contributed by atoms with Gasteiger partial charge in [-0.1, -0.05) is 12.8 Å². The van der Waals surface area contributed by atoms with E-state index in [-0.39, 0.29) is 0 Å². The number of aromatic nitrogens is 2. The van der Waals surface area contributed by atoms with Gasteiger partial charge in [0, 0.05) is 19.6 Å². The molecule has 0 saturated carbocycles. The number of fused-ring (bicyclic) bond motifs is 1. The summed E-state index contributed by atoms with van der Waals surface area (Å²) in [4.78, 5) is 11.9. The molecular formula is C16H25N5S. The van der Waals surface area contributed by atoms with E-state index in [0.29, 0.717) is 0 Å². The molecular weight excluding hydrogens is 294 g/mol. The fourth-order valence-electron chi connectivity index (χ4n) is 2.89. The monoisotopic (exact) mass is 319 g/mol. The Balaban J connectivity index is 1.81. The number of anilines is 2. The van der Waals surface area contributed by atoms with Crippen LogP contribution in [0.25, 0.3) is 10.2 Å². The predicted molar refractivity (Wildman–Crippen MR) is 94.9 cm³/mol. The molecule has 3 heterocycles. The second kappa shape index (κ2) is 7.74. The second-order valence-electron chi connectivity index (χ2n) is 5.83. The molecule has 120 valence electrons. The maximum Gasteiger partial charge on any atom is 0.225 e. The van der Waals surface area contributed by atoms with E-state index in [2.05, 4.69) is 26.6 Å². The molecule has 22 heavy (non-hydrogen) atoms. The molecule has 2 aromatic heterocycles. The van der Waals surface area contributed by atoms with E-state index < -0.39 is 0 Å². The Kier molecular flexibility index (Phi) is 5.45.